The van der Waals surface area contributed by atoms with E-state index in [1.807, 2.05) is 32.0 Å². The van der Waals surface area contributed by atoms with Gasteiger partial charge in [0.2, 0.25) is 0 Å². The maximum atomic E-state index is 13.9. The van der Waals surface area contributed by atoms with Crippen molar-refractivity contribution in [3.05, 3.63) is 100 Å². The van der Waals surface area contributed by atoms with E-state index in [4.69, 9.17) is 4.74 Å². The molecule has 3 aromatic carbocycles. The zero-order valence-corrected chi connectivity index (χ0v) is 22.2. The Morgan fingerprint density at radius 3 is 2.50 bits per heavy atom. The number of aliphatic hydroxyl groups is 1. The van der Waals surface area contributed by atoms with E-state index in [2.05, 4.69) is 29.7 Å². The topological polar surface area (TPSA) is 70.6 Å². The molecule has 7 heteroatoms. The number of hydrogen-bond donors (Lipinski definition) is 3. The van der Waals surface area contributed by atoms with Crippen LogP contribution in [-0.4, -0.2) is 35.3 Å². The Labute approximate surface area is 223 Å². The van der Waals surface area contributed by atoms with Crippen LogP contribution >= 0.6 is 0 Å². The number of benzene rings is 3. The van der Waals surface area contributed by atoms with E-state index in [0.717, 1.165) is 36.5 Å². The Balaban J connectivity index is 1.48. The lowest BCUT2D eigenvalue weighted by Gasteiger charge is -2.32. The molecule has 1 amide bonds. The maximum absolute atomic E-state index is 13.9. The second-order valence-electron chi connectivity index (χ2n) is 10.6. The third-order valence-corrected chi connectivity index (χ3v) is 6.95. The van der Waals surface area contributed by atoms with E-state index in [-0.39, 0.29) is 18.6 Å². The van der Waals surface area contributed by atoms with E-state index in [0.29, 0.717) is 23.4 Å². The zero-order chi connectivity index (χ0) is 27.3. The second kappa shape index (κ2) is 12.0. The molecule has 1 aliphatic heterocycles. The first-order valence-corrected chi connectivity index (χ1v) is 13.2. The molecule has 0 saturated heterocycles. The first-order chi connectivity index (χ1) is 18.1. The van der Waals surface area contributed by atoms with E-state index in [9.17, 15) is 18.7 Å². The number of nitrogens with one attached hydrogen (secondary N) is 2. The van der Waals surface area contributed by atoms with Crippen LogP contribution in [-0.2, 0) is 25.8 Å². The molecule has 0 unspecified atom stereocenters. The van der Waals surface area contributed by atoms with Crippen LogP contribution in [0.25, 0.3) is 0 Å². The van der Waals surface area contributed by atoms with Crippen LogP contribution in [0, 0.1) is 11.6 Å². The highest BCUT2D eigenvalue weighted by Gasteiger charge is 2.28. The summed E-state index contributed by atoms with van der Waals surface area (Å²) >= 11 is 0. The number of aliphatic hydroxyl groups excluding tert-OH is 1. The molecule has 0 fully saturated rings. The molecule has 38 heavy (non-hydrogen) atoms. The van der Waals surface area contributed by atoms with E-state index >= 15 is 0 Å². The van der Waals surface area contributed by atoms with Crippen LogP contribution in [0.3, 0.4) is 0 Å². The molecule has 3 N–H and O–H groups in total. The summed E-state index contributed by atoms with van der Waals surface area (Å²) in [7, 11) is 0. The Hall–Kier alpha value is -3.29. The molecule has 4 rings (SSSR count). The van der Waals surface area contributed by atoms with E-state index in [1.165, 1.54) is 17.7 Å². The quantitative estimate of drug-likeness (QED) is 0.346. The minimum absolute atomic E-state index is 0.0586. The number of amides is 1. The number of hydrogen-bond acceptors (Lipinski definition) is 4. The van der Waals surface area contributed by atoms with Gasteiger partial charge in [0.1, 0.15) is 23.0 Å². The number of carbonyl (C=O) groups is 1. The molecular formula is C31H36F2N2O3. The van der Waals surface area contributed by atoms with Crippen molar-refractivity contribution in [3.8, 4) is 5.75 Å². The number of rotatable bonds is 10. The highest BCUT2D eigenvalue weighted by molar-refractivity contribution is 5.95. The van der Waals surface area contributed by atoms with Gasteiger partial charge >= 0.3 is 0 Å². The summed E-state index contributed by atoms with van der Waals surface area (Å²) in [6, 6.07) is 16.0. The van der Waals surface area contributed by atoms with Gasteiger partial charge in [0.05, 0.1) is 12.1 Å². The molecule has 202 valence electrons. The van der Waals surface area contributed by atoms with Gasteiger partial charge in [-0.2, -0.15) is 0 Å². The molecular weight excluding hydrogens is 486 g/mol. The predicted molar refractivity (Wildman–Crippen MR) is 144 cm³/mol. The van der Waals surface area contributed by atoms with Crippen molar-refractivity contribution in [3.63, 3.8) is 0 Å². The van der Waals surface area contributed by atoms with Gasteiger partial charge in [0, 0.05) is 24.7 Å². The summed E-state index contributed by atoms with van der Waals surface area (Å²) in [5.41, 5.74) is 3.78. The third-order valence-electron chi connectivity index (χ3n) is 6.95. The fourth-order valence-corrected chi connectivity index (χ4v) is 4.77. The number of halogens is 2. The third kappa shape index (κ3) is 7.39. The number of ether oxygens (including phenoxy) is 1. The highest BCUT2D eigenvalue weighted by atomic mass is 19.1. The molecule has 1 heterocycles. The first-order valence-electron chi connectivity index (χ1n) is 13.2. The lowest BCUT2D eigenvalue weighted by atomic mass is 9.93. The second-order valence-corrected chi connectivity index (χ2v) is 10.6. The van der Waals surface area contributed by atoms with Gasteiger partial charge in [-0.3, -0.25) is 4.79 Å². The number of fused-ring (bicyclic) bond motifs is 1. The molecule has 0 saturated carbocycles. The number of carbonyl (C=O) groups excluding carboxylic acids is 1. The zero-order valence-electron chi connectivity index (χ0n) is 22.2. The smallest absolute Gasteiger partial charge is 0.251 e. The average Bonchev–Trinajstić information content (AvgIpc) is 2.86. The van der Waals surface area contributed by atoms with Crippen molar-refractivity contribution >= 4 is 5.91 Å². The van der Waals surface area contributed by atoms with Gasteiger partial charge in [-0.05, 0) is 86.1 Å². The molecule has 5 nitrogen and oxygen atoms in total. The summed E-state index contributed by atoms with van der Waals surface area (Å²) in [5.74, 6) is -1.13. The van der Waals surface area contributed by atoms with E-state index in [1.54, 1.807) is 12.1 Å². The van der Waals surface area contributed by atoms with Gasteiger partial charge in [-0.15, -0.1) is 0 Å². The molecule has 2 atom stereocenters. The van der Waals surface area contributed by atoms with Crippen LogP contribution in [0.1, 0.15) is 59.8 Å². The fraction of sp³-hybridized carbons (Fsp3) is 0.387. The standard InChI is InChI=1S/C31H36F2N2O3/c1-4-20-6-5-7-21(12-20)18-34-19-28(36)27(15-22-13-25(32)17-26(33)14-22)35-30(37)24-9-8-23-10-11-31(2,3)38-29(23)16-24/h5-9,12-14,16-17,27-28,34,36H,4,10-11,15,18-19H2,1-3H3,(H,35,37)/t27-,28+/m0/s1. The van der Waals surface area contributed by atoms with Crippen molar-refractivity contribution in [1.29, 1.82) is 0 Å². The molecule has 0 aromatic heterocycles. The molecule has 0 radical (unpaired) electrons. The summed E-state index contributed by atoms with van der Waals surface area (Å²) in [5, 5.41) is 17.2. The average molecular weight is 523 g/mol. The fourth-order valence-electron chi connectivity index (χ4n) is 4.77. The van der Waals surface area contributed by atoms with Gasteiger partial charge in [0.25, 0.3) is 5.91 Å². The summed E-state index contributed by atoms with van der Waals surface area (Å²) in [6.07, 6.45) is 1.74. The van der Waals surface area contributed by atoms with Gasteiger partial charge in [0.15, 0.2) is 0 Å². The Morgan fingerprint density at radius 2 is 1.76 bits per heavy atom. The minimum atomic E-state index is -1.01. The Morgan fingerprint density at radius 1 is 1.03 bits per heavy atom. The van der Waals surface area contributed by atoms with Crippen molar-refractivity contribution in [2.24, 2.45) is 0 Å². The van der Waals surface area contributed by atoms with Gasteiger partial charge in [-0.1, -0.05) is 37.3 Å². The largest absolute Gasteiger partial charge is 0.488 e. The van der Waals surface area contributed by atoms with Gasteiger partial charge in [-0.25, -0.2) is 8.78 Å². The number of aryl methyl sites for hydroxylation is 2. The molecule has 0 spiro atoms. The monoisotopic (exact) mass is 522 g/mol. The lowest BCUT2D eigenvalue weighted by molar-refractivity contribution is 0.0805. The summed E-state index contributed by atoms with van der Waals surface area (Å²) in [6.45, 7) is 6.84. The van der Waals surface area contributed by atoms with Gasteiger partial charge < -0.3 is 20.5 Å². The Bertz CT molecular complexity index is 1260. The van der Waals surface area contributed by atoms with Crippen LogP contribution in [0.5, 0.6) is 5.75 Å². The van der Waals surface area contributed by atoms with Crippen LogP contribution < -0.4 is 15.4 Å². The van der Waals surface area contributed by atoms with Crippen molar-refractivity contribution < 1.29 is 23.4 Å². The van der Waals surface area contributed by atoms with E-state index < -0.39 is 29.7 Å². The highest BCUT2D eigenvalue weighted by Crippen LogP contribution is 2.33. The normalized spacial score (nSPS) is 15.7. The first kappa shape index (κ1) is 27.7. The van der Waals surface area contributed by atoms with Crippen molar-refractivity contribution in [1.82, 2.24) is 10.6 Å². The molecule has 0 bridgehead atoms. The Kier molecular flexibility index (Phi) is 8.80. The summed E-state index contributed by atoms with van der Waals surface area (Å²) in [4.78, 5) is 13.3. The van der Waals surface area contributed by atoms with Crippen LogP contribution in [0.4, 0.5) is 8.78 Å². The van der Waals surface area contributed by atoms with Crippen molar-refractivity contribution in [2.45, 2.75) is 70.7 Å². The van der Waals surface area contributed by atoms with Crippen molar-refractivity contribution in [2.75, 3.05) is 6.54 Å². The molecule has 3 aromatic rings. The molecule has 1 aliphatic rings. The maximum Gasteiger partial charge on any atom is 0.251 e. The molecule has 0 aliphatic carbocycles. The predicted octanol–water partition coefficient (Wildman–Crippen LogP) is 5.12. The van der Waals surface area contributed by atoms with Crippen LogP contribution in [0.2, 0.25) is 0 Å². The minimum Gasteiger partial charge on any atom is -0.488 e. The summed E-state index contributed by atoms with van der Waals surface area (Å²) < 4.78 is 33.8. The lowest BCUT2D eigenvalue weighted by Crippen LogP contribution is -2.48. The SMILES string of the molecule is CCc1cccc(CNC[C@@H](O)[C@H](Cc2cc(F)cc(F)c2)NC(=O)c2ccc3c(c2)OC(C)(C)CC3)c1. The van der Waals surface area contributed by atoms with Crippen LogP contribution in [0.15, 0.2) is 60.7 Å².